The van der Waals surface area contributed by atoms with Crippen molar-refractivity contribution in [3.63, 3.8) is 0 Å². The van der Waals surface area contributed by atoms with Gasteiger partial charge in [-0.2, -0.15) is 13.2 Å². The van der Waals surface area contributed by atoms with Crippen LogP contribution in [0.1, 0.15) is 22.7 Å². The number of non-ortho nitro benzene ring substituents is 2. The maximum absolute atomic E-state index is 13.4. The predicted octanol–water partition coefficient (Wildman–Crippen LogP) is 5.15. The SMILES string of the molecule is O=C1C(=O)N(c2cccc(C(F)(F)F)c2)[C@H](c2ccc([N+](=O)[O-])cc2)/C1=C(\O)c1ccc([N+](=O)[O-])cc1. The molecule has 1 N–H and O–H groups in total. The maximum Gasteiger partial charge on any atom is 0.416 e. The highest BCUT2D eigenvalue weighted by Gasteiger charge is 2.47. The van der Waals surface area contributed by atoms with E-state index in [9.17, 15) is 48.1 Å². The van der Waals surface area contributed by atoms with E-state index in [2.05, 4.69) is 0 Å². The van der Waals surface area contributed by atoms with Crippen molar-refractivity contribution >= 4 is 34.5 Å². The number of carbonyl (C=O) groups excluding carboxylic acids is 2. The molecule has 1 amide bonds. The fraction of sp³-hybridized carbons (Fsp3) is 0.0833. The second kappa shape index (κ2) is 9.18. The van der Waals surface area contributed by atoms with Crippen LogP contribution < -0.4 is 4.90 Å². The Morgan fingerprint density at radius 1 is 0.865 bits per heavy atom. The van der Waals surface area contributed by atoms with Crippen molar-refractivity contribution in [2.45, 2.75) is 12.2 Å². The van der Waals surface area contributed by atoms with Crippen LogP contribution in [0, 0.1) is 20.2 Å². The average molecular weight is 513 g/mol. The Morgan fingerprint density at radius 2 is 1.41 bits per heavy atom. The summed E-state index contributed by atoms with van der Waals surface area (Å²) >= 11 is 0. The molecule has 1 saturated heterocycles. The van der Waals surface area contributed by atoms with Gasteiger partial charge in [0.05, 0.1) is 27.0 Å². The summed E-state index contributed by atoms with van der Waals surface area (Å²) < 4.78 is 40.1. The van der Waals surface area contributed by atoms with E-state index >= 15 is 0 Å². The zero-order chi connectivity index (χ0) is 27.1. The molecule has 1 aliphatic rings. The summed E-state index contributed by atoms with van der Waals surface area (Å²) in [6.07, 6.45) is -4.76. The lowest BCUT2D eigenvalue weighted by Crippen LogP contribution is -2.29. The van der Waals surface area contributed by atoms with Gasteiger partial charge in [-0.1, -0.05) is 6.07 Å². The van der Waals surface area contributed by atoms with E-state index in [1.54, 1.807) is 0 Å². The number of nitro groups is 2. The number of Topliss-reactive ketones (excluding diaryl/α,β-unsaturated/α-hetero) is 1. The summed E-state index contributed by atoms with van der Waals surface area (Å²) in [5, 5.41) is 33.0. The van der Waals surface area contributed by atoms with Crippen LogP contribution in [0.4, 0.5) is 30.2 Å². The lowest BCUT2D eigenvalue weighted by atomic mass is 9.95. The number of amides is 1. The average Bonchev–Trinajstić information content (AvgIpc) is 3.13. The molecule has 1 atom stereocenters. The molecule has 1 aliphatic heterocycles. The fourth-order valence-corrected chi connectivity index (χ4v) is 3.92. The summed E-state index contributed by atoms with van der Waals surface area (Å²) in [7, 11) is 0. The highest BCUT2D eigenvalue weighted by Crippen LogP contribution is 2.43. The van der Waals surface area contributed by atoms with Gasteiger partial charge in [0.2, 0.25) is 0 Å². The van der Waals surface area contributed by atoms with Crippen molar-refractivity contribution in [1.29, 1.82) is 0 Å². The molecule has 37 heavy (non-hydrogen) atoms. The molecule has 1 heterocycles. The Bertz CT molecular complexity index is 1470. The first-order valence-electron chi connectivity index (χ1n) is 10.4. The third-order valence-electron chi connectivity index (χ3n) is 5.67. The standard InChI is InChI=1S/C24H14F3N3O7/c25-24(26,27)15-2-1-3-18(12-15)28-20(13-4-8-16(9-5-13)29(34)35)19(22(32)23(28)33)21(31)14-6-10-17(11-7-14)30(36)37/h1-12,20,31H/b21-19+/t20-/m1/s1. The number of carbonyl (C=O) groups is 2. The first kappa shape index (κ1) is 25.0. The molecule has 0 aromatic heterocycles. The molecule has 4 rings (SSSR count). The molecule has 0 spiro atoms. The van der Waals surface area contributed by atoms with Gasteiger partial charge in [0, 0.05) is 35.5 Å². The van der Waals surface area contributed by atoms with Gasteiger partial charge in [-0.25, -0.2) is 0 Å². The molecule has 0 unspecified atom stereocenters. The predicted molar refractivity (Wildman–Crippen MR) is 122 cm³/mol. The van der Waals surface area contributed by atoms with Gasteiger partial charge in [-0.05, 0) is 48.0 Å². The molecule has 0 radical (unpaired) electrons. The van der Waals surface area contributed by atoms with Crippen molar-refractivity contribution in [2.75, 3.05) is 4.90 Å². The van der Waals surface area contributed by atoms with Crippen molar-refractivity contribution in [3.8, 4) is 0 Å². The molecule has 0 aliphatic carbocycles. The Morgan fingerprint density at radius 3 is 1.92 bits per heavy atom. The molecular formula is C24H14F3N3O7. The molecule has 1 fully saturated rings. The van der Waals surface area contributed by atoms with E-state index in [1.807, 2.05) is 0 Å². The van der Waals surface area contributed by atoms with E-state index in [0.29, 0.717) is 6.07 Å². The van der Waals surface area contributed by atoms with E-state index < -0.39 is 50.7 Å². The monoisotopic (exact) mass is 513 g/mol. The van der Waals surface area contributed by atoms with Crippen LogP contribution >= 0.6 is 0 Å². The Kier molecular flexibility index (Phi) is 6.21. The van der Waals surface area contributed by atoms with Crippen molar-refractivity contribution in [3.05, 3.63) is 115 Å². The van der Waals surface area contributed by atoms with E-state index in [4.69, 9.17) is 0 Å². The lowest BCUT2D eigenvalue weighted by molar-refractivity contribution is -0.385. The number of benzene rings is 3. The molecule has 13 heteroatoms. The van der Waals surface area contributed by atoms with E-state index in [0.717, 1.165) is 53.4 Å². The zero-order valence-corrected chi connectivity index (χ0v) is 18.4. The lowest BCUT2D eigenvalue weighted by Gasteiger charge is -2.26. The first-order valence-corrected chi connectivity index (χ1v) is 10.4. The second-order valence-corrected chi connectivity index (χ2v) is 7.87. The number of hydrogen-bond acceptors (Lipinski definition) is 7. The Hall–Kier alpha value is -5.07. The molecule has 188 valence electrons. The van der Waals surface area contributed by atoms with Gasteiger partial charge < -0.3 is 5.11 Å². The van der Waals surface area contributed by atoms with Gasteiger partial charge in [0.15, 0.2) is 0 Å². The number of nitro benzene ring substituents is 2. The summed E-state index contributed by atoms with van der Waals surface area (Å²) in [4.78, 5) is 47.5. The van der Waals surface area contributed by atoms with E-state index in [-0.39, 0.29) is 28.2 Å². The van der Waals surface area contributed by atoms with Gasteiger partial charge >= 0.3 is 6.18 Å². The summed E-state index contributed by atoms with van der Waals surface area (Å²) in [6, 6.07) is 11.1. The second-order valence-electron chi connectivity index (χ2n) is 7.87. The smallest absolute Gasteiger partial charge is 0.416 e. The maximum atomic E-state index is 13.4. The topological polar surface area (TPSA) is 144 Å². The molecular weight excluding hydrogens is 499 g/mol. The number of alkyl halides is 3. The number of nitrogens with zero attached hydrogens (tertiary/aromatic N) is 3. The molecule has 10 nitrogen and oxygen atoms in total. The molecule has 3 aromatic rings. The van der Waals surface area contributed by atoms with Gasteiger partial charge in [-0.15, -0.1) is 0 Å². The van der Waals surface area contributed by atoms with Crippen LogP contribution in [0.3, 0.4) is 0 Å². The summed E-state index contributed by atoms with van der Waals surface area (Å²) in [6.45, 7) is 0. The Balaban J connectivity index is 1.93. The number of hydrogen-bond donors (Lipinski definition) is 1. The Labute approximate surface area is 205 Å². The van der Waals surface area contributed by atoms with Crippen LogP contribution in [0.15, 0.2) is 78.4 Å². The molecule has 0 saturated carbocycles. The third kappa shape index (κ3) is 4.61. The number of halogens is 3. The third-order valence-corrected chi connectivity index (χ3v) is 5.67. The number of aliphatic hydroxyl groups excluding tert-OH is 1. The fourth-order valence-electron chi connectivity index (χ4n) is 3.92. The van der Waals surface area contributed by atoms with Gasteiger partial charge in [-0.3, -0.25) is 34.7 Å². The minimum Gasteiger partial charge on any atom is -0.507 e. The van der Waals surface area contributed by atoms with Crippen LogP contribution in [0.2, 0.25) is 0 Å². The normalized spacial score (nSPS) is 17.2. The highest BCUT2D eigenvalue weighted by atomic mass is 19.4. The number of rotatable bonds is 5. The van der Waals surface area contributed by atoms with Crippen molar-refractivity contribution in [1.82, 2.24) is 0 Å². The van der Waals surface area contributed by atoms with Gasteiger partial charge in [0.25, 0.3) is 23.1 Å². The minimum atomic E-state index is -4.76. The number of ketones is 1. The van der Waals surface area contributed by atoms with Crippen LogP contribution in [-0.2, 0) is 15.8 Å². The minimum absolute atomic E-state index is 0.0699. The quantitative estimate of drug-likeness (QED) is 0.163. The summed E-state index contributed by atoms with van der Waals surface area (Å²) in [5.74, 6) is -3.20. The largest absolute Gasteiger partial charge is 0.507 e. The van der Waals surface area contributed by atoms with Crippen LogP contribution in [-0.4, -0.2) is 26.6 Å². The summed E-state index contributed by atoms with van der Waals surface area (Å²) in [5.41, 5.74) is -2.52. The number of aliphatic hydroxyl groups is 1. The van der Waals surface area contributed by atoms with Crippen molar-refractivity contribution in [2.24, 2.45) is 0 Å². The van der Waals surface area contributed by atoms with Gasteiger partial charge in [0.1, 0.15) is 5.76 Å². The van der Waals surface area contributed by atoms with Crippen LogP contribution in [0.5, 0.6) is 0 Å². The molecule has 3 aromatic carbocycles. The first-order chi connectivity index (χ1) is 17.4. The highest BCUT2D eigenvalue weighted by molar-refractivity contribution is 6.51. The number of anilines is 1. The van der Waals surface area contributed by atoms with E-state index in [1.165, 1.54) is 18.2 Å². The molecule has 0 bridgehead atoms. The zero-order valence-electron chi connectivity index (χ0n) is 18.4. The van der Waals surface area contributed by atoms with Crippen molar-refractivity contribution < 1.29 is 37.7 Å². The van der Waals surface area contributed by atoms with Crippen LogP contribution in [0.25, 0.3) is 5.76 Å².